The predicted octanol–water partition coefficient (Wildman–Crippen LogP) is 2.47. The summed E-state index contributed by atoms with van der Waals surface area (Å²) in [6.45, 7) is 4.48. The smallest absolute Gasteiger partial charge is 0.00954 e. The van der Waals surface area contributed by atoms with Crippen molar-refractivity contribution < 1.29 is 0 Å². The molecule has 0 rings (SSSR count). The fourth-order valence-corrected chi connectivity index (χ4v) is 0.865. The van der Waals surface area contributed by atoms with E-state index >= 15 is 0 Å². The van der Waals surface area contributed by atoms with Crippen molar-refractivity contribution in [2.45, 2.75) is 26.7 Å². The molecule has 0 aliphatic heterocycles. The third-order valence-corrected chi connectivity index (χ3v) is 1.58. The first-order valence-electron chi connectivity index (χ1n) is 2.92. The van der Waals surface area contributed by atoms with Gasteiger partial charge in [0.2, 0.25) is 0 Å². The highest BCUT2D eigenvalue weighted by atomic mass is 32.1. The van der Waals surface area contributed by atoms with Crippen molar-refractivity contribution in [3.05, 3.63) is 0 Å². The van der Waals surface area contributed by atoms with E-state index in [2.05, 4.69) is 26.5 Å². The summed E-state index contributed by atoms with van der Waals surface area (Å²) in [7, 11) is 0. The van der Waals surface area contributed by atoms with Crippen LogP contribution in [0.3, 0.4) is 0 Å². The van der Waals surface area contributed by atoms with Gasteiger partial charge in [-0.25, -0.2) is 0 Å². The van der Waals surface area contributed by atoms with E-state index in [1.807, 2.05) is 0 Å². The molecule has 1 unspecified atom stereocenters. The Morgan fingerprint density at radius 1 is 1.50 bits per heavy atom. The van der Waals surface area contributed by atoms with Crippen molar-refractivity contribution in [1.82, 2.24) is 0 Å². The van der Waals surface area contributed by atoms with E-state index in [4.69, 9.17) is 0 Å². The Morgan fingerprint density at radius 3 is 2.12 bits per heavy atom. The summed E-state index contributed by atoms with van der Waals surface area (Å²) in [4.78, 5) is 0. The minimum atomic E-state index is 0. The topological polar surface area (TPSA) is 0 Å². The van der Waals surface area contributed by atoms with Crippen LogP contribution in [0, 0.1) is 5.92 Å². The molecule has 0 radical (unpaired) electrons. The van der Waals surface area contributed by atoms with Gasteiger partial charge in [-0.1, -0.05) is 20.3 Å². The van der Waals surface area contributed by atoms with E-state index in [9.17, 15) is 0 Å². The van der Waals surface area contributed by atoms with Gasteiger partial charge in [0.15, 0.2) is 0 Å². The molecule has 2 heteroatoms. The fraction of sp³-hybridized carbons (Fsp3) is 1.00. The Hall–Kier alpha value is 0.700. The fourth-order valence-electron chi connectivity index (χ4n) is 0.425. The van der Waals surface area contributed by atoms with E-state index in [0.717, 1.165) is 11.7 Å². The molecule has 0 saturated heterocycles. The van der Waals surface area contributed by atoms with Crippen molar-refractivity contribution in [3.8, 4) is 0 Å². The van der Waals surface area contributed by atoms with Gasteiger partial charge in [0.05, 0.1) is 0 Å². The van der Waals surface area contributed by atoms with Crippen LogP contribution in [0.25, 0.3) is 0 Å². The van der Waals surface area contributed by atoms with Gasteiger partial charge < -0.3 is 0 Å². The molecule has 0 aliphatic carbocycles. The zero-order valence-corrected chi connectivity index (χ0v) is 7.54. The summed E-state index contributed by atoms with van der Waals surface area (Å²) in [6, 6.07) is 0. The van der Waals surface area contributed by atoms with Crippen LogP contribution in [0.5, 0.6) is 0 Å². The maximum Gasteiger partial charge on any atom is -0.00954 e. The summed E-state index contributed by atoms with van der Waals surface area (Å²) >= 11 is 4.11. The van der Waals surface area contributed by atoms with Crippen LogP contribution in [0.1, 0.15) is 26.7 Å². The van der Waals surface area contributed by atoms with E-state index in [1.54, 1.807) is 0 Å². The van der Waals surface area contributed by atoms with Gasteiger partial charge in [0.1, 0.15) is 0 Å². The zero-order chi connectivity index (χ0) is 5.70. The maximum absolute atomic E-state index is 4.11. The Morgan fingerprint density at radius 2 is 2.00 bits per heavy atom. The lowest BCUT2D eigenvalue weighted by Crippen LogP contribution is -1.90. The normalized spacial score (nSPS) is 12.4. The van der Waals surface area contributed by atoms with Crippen LogP contribution in [-0.2, 0) is 0 Å². The standard InChI is InChI=1S/C6H14S.H2S/c1-3-6(2)4-5-7;/h6-7H,3-5H2,1-2H3;1H2. The van der Waals surface area contributed by atoms with Gasteiger partial charge >= 0.3 is 0 Å². The quantitative estimate of drug-likeness (QED) is 0.590. The molecule has 0 aromatic carbocycles. The van der Waals surface area contributed by atoms with E-state index in [1.165, 1.54) is 12.8 Å². The Balaban J connectivity index is 0. The summed E-state index contributed by atoms with van der Waals surface area (Å²) in [5, 5.41) is 0. The average molecular weight is 152 g/mol. The molecule has 0 amide bonds. The maximum atomic E-state index is 4.11. The highest BCUT2D eigenvalue weighted by Crippen LogP contribution is 2.05. The molecule has 1 atom stereocenters. The molecule has 0 saturated carbocycles. The summed E-state index contributed by atoms with van der Waals surface area (Å²) < 4.78 is 0. The minimum absolute atomic E-state index is 0. The summed E-state index contributed by atoms with van der Waals surface area (Å²) in [6.07, 6.45) is 2.56. The number of thiol groups is 1. The number of hydrogen-bond acceptors (Lipinski definition) is 1. The van der Waals surface area contributed by atoms with Crippen molar-refractivity contribution in [1.29, 1.82) is 0 Å². The van der Waals surface area contributed by atoms with Gasteiger partial charge in [-0.05, 0) is 18.1 Å². The number of hydrogen-bond donors (Lipinski definition) is 1. The summed E-state index contributed by atoms with van der Waals surface area (Å²) in [5.74, 6) is 1.91. The van der Waals surface area contributed by atoms with E-state index in [-0.39, 0.29) is 13.5 Å². The van der Waals surface area contributed by atoms with Crippen LogP contribution in [-0.4, -0.2) is 5.75 Å². The molecule has 0 nitrogen and oxygen atoms in total. The second kappa shape index (κ2) is 7.70. The lowest BCUT2D eigenvalue weighted by atomic mass is 10.1. The predicted molar refractivity (Wildman–Crippen MR) is 48.3 cm³/mol. The first kappa shape index (κ1) is 11.5. The minimum Gasteiger partial charge on any atom is -0.197 e. The zero-order valence-electron chi connectivity index (χ0n) is 5.65. The van der Waals surface area contributed by atoms with Crippen LogP contribution >= 0.6 is 26.1 Å². The third-order valence-electron chi connectivity index (χ3n) is 1.32. The van der Waals surface area contributed by atoms with E-state index < -0.39 is 0 Å². The molecule has 0 heterocycles. The van der Waals surface area contributed by atoms with Crippen LogP contribution in [0.15, 0.2) is 0 Å². The lowest BCUT2D eigenvalue weighted by Gasteiger charge is -2.02. The van der Waals surface area contributed by atoms with Crippen molar-refractivity contribution in [3.63, 3.8) is 0 Å². The van der Waals surface area contributed by atoms with Gasteiger partial charge in [-0.2, -0.15) is 26.1 Å². The molecule has 52 valence electrons. The molecule has 0 aromatic heterocycles. The summed E-state index contributed by atoms with van der Waals surface area (Å²) in [5.41, 5.74) is 0. The highest BCUT2D eigenvalue weighted by molar-refractivity contribution is 7.80. The molecule has 0 bridgehead atoms. The highest BCUT2D eigenvalue weighted by Gasteiger charge is 1.93. The Kier molecular flexibility index (Phi) is 11.1. The second-order valence-corrected chi connectivity index (χ2v) is 2.47. The first-order valence-corrected chi connectivity index (χ1v) is 3.55. The van der Waals surface area contributed by atoms with Gasteiger partial charge in [-0.15, -0.1) is 0 Å². The molecule has 0 N–H and O–H groups in total. The average Bonchev–Trinajstić information content (AvgIpc) is 1.68. The van der Waals surface area contributed by atoms with Gasteiger partial charge in [0, 0.05) is 0 Å². The molecule has 0 aliphatic rings. The van der Waals surface area contributed by atoms with Crippen LogP contribution < -0.4 is 0 Å². The van der Waals surface area contributed by atoms with Crippen LogP contribution in [0.4, 0.5) is 0 Å². The molecule has 0 spiro atoms. The largest absolute Gasteiger partial charge is 0.197 e. The Bertz CT molecular complexity index is 37.5. The Labute approximate surface area is 64.9 Å². The monoisotopic (exact) mass is 152 g/mol. The molecule has 0 fully saturated rings. The van der Waals surface area contributed by atoms with Crippen molar-refractivity contribution in [2.75, 3.05) is 5.75 Å². The lowest BCUT2D eigenvalue weighted by molar-refractivity contribution is 0.549. The number of rotatable bonds is 3. The molecular formula is C6H16S2. The first-order chi connectivity index (χ1) is 3.31. The SMILES string of the molecule is CCC(C)CCS.S. The molecule has 8 heavy (non-hydrogen) atoms. The second-order valence-electron chi connectivity index (χ2n) is 2.03. The van der Waals surface area contributed by atoms with Gasteiger partial charge in [0.25, 0.3) is 0 Å². The third kappa shape index (κ3) is 6.70. The molecule has 0 aromatic rings. The van der Waals surface area contributed by atoms with Gasteiger partial charge in [-0.3, -0.25) is 0 Å². The van der Waals surface area contributed by atoms with Crippen LogP contribution in [0.2, 0.25) is 0 Å². The van der Waals surface area contributed by atoms with Crippen molar-refractivity contribution in [2.24, 2.45) is 5.92 Å². The van der Waals surface area contributed by atoms with Crippen molar-refractivity contribution >= 4 is 26.1 Å². The molecular weight excluding hydrogens is 136 g/mol. The van der Waals surface area contributed by atoms with E-state index in [0.29, 0.717) is 0 Å².